The minimum absolute atomic E-state index is 0.418. The molecule has 0 radical (unpaired) electrons. The number of hydrogen-bond acceptors (Lipinski definition) is 4. The van der Waals surface area contributed by atoms with Crippen LogP contribution in [-0.2, 0) is 0 Å². The molecule has 1 aromatic heterocycles. The first kappa shape index (κ1) is 17.0. The van der Waals surface area contributed by atoms with Gasteiger partial charge in [0.2, 0.25) is 5.88 Å². The Morgan fingerprint density at radius 2 is 1.92 bits per heavy atom. The van der Waals surface area contributed by atoms with Gasteiger partial charge in [0, 0.05) is 29.3 Å². The Balaban J connectivity index is 1.55. The van der Waals surface area contributed by atoms with Crippen molar-refractivity contribution in [2.45, 2.75) is 12.8 Å². The number of nitrogens with zero attached hydrogens (tertiary/aromatic N) is 2. The molecule has 0 saturated carbocycles. The highest BCUT2D eigenvalue weighted by molar-refractivity contribution is 9.10. The van der Waals surface area contributed by atoms with Gasteiger partial charge in [0.1, 0.15) is 0 Å². The van der Waals surface area contributed by atoms with Gasteiger partial charge in [-0.3, -0.25) is 0 Å². The van der Waals surface area contributed by atoms with E-state index >= 15 is 0 Å². The fourth-order valence-corrected chi connectivity index (χ4v) is 3.24. The highest BCUT2D eigenvalue weighted by Gasteiger charge is 2.19. The van der Waals surface area contributed by atoms with Crippen molar-refractivity contribution >= 4 is 55.7 Å². The smallest absolute Gasteiger partial charge is 0.339 e. The number of carbonyl (C=O) groups excluding carboxylic acids is 1. The molecule has 1 aromatic carbocycles. The quantitative estimate of drug-likeness (QED) is 0.524. The lowest BCUT2D eigenvalue weighted by atomic mass is 10.3. The van der Waals surface area contributed by atoms with Crippen molar-refractivity contribution in [1.29, 1.82) is 0 Å². The van der Waals surface area contributed by atoms with Crippen LogP contribution >= 0.6 is 31.9 Å². The zero-order valence-electron chi connectivity index (χ0n) is 12.8. The first-order valence-electron chi connectivity index (χ1n) is 7.52. The number of hydrogen-bond donors (Lipinski definition) is 2. The van der Waals surface area contributed by atoms with Gasteiger partial charge in [0.25, 0.3) is 0 Å². The van der Waals surface area contributed by atoms with Crippen molar-refractivity contribution in [2.75, 3.05) is 23.3 Å². The Bertz CT molecular complexity index is 737. The van der Waals surface area contributed by atoms with Crippen LogP contribution in [0.2, 0.25) is 0 Å². The van der Waals surface area contributed by atoms with Crippen molar-refractivity contribution in [3.8, 4) is 0 Å². The van der Waals surface area contributed by atoms with Crippen molar-refractivity contribution < 1.29 is 9.21 Å². The van der Waals surface area contributed by atoms with Crippen LogP contribution in [0.3, 0.4) is 0 Å². The Morgan fingerprint density at radius 1 is 1.21 bits per heavy atom. The molecular formula is C16H16Br2N4O2. The topological polar surface area (TPSA) is 69.9 Å². The number of furan rings is 1. The molecule has 0 unspecified atom stereocenters. The number of urea groups is 1. The van der Waals surface area contributed by atoms with Gasteiger partial charge in [-0.25, -0.2) is 10.2 Å². The molecule has 0 aliphatic carbocycles. The number of anilines is 2. The normalized spacial score (nSPS) is 14.3. The van der Waals surface area contributed by atoms with Gasteiger partial charge in [-0.05, 0) is 53.0 Å². The standard InChI is InChI=1S/C16H16Br2N4O2/c17-11-3-5-12(6-4-11)20-16(23)21-19-10-13-9-14(18)15(24-13)22-7-1-2-8-22/h3-6,9-10H,1-2,7-8H2,(H2,20,21,23)/b19-10+. The number of amides is 2. The number of hydrazone groups is 1. The van der Waals surface area contributed by atoms with Gasteiger partial charge in [-0.1, -0.05) is 15.9 Å². The van der Waals surface area contributed by atoms with Gasteiger partial charge < -0.3 is 14.6 Å². The van der Waals surface area contributed by atoms with Crippen molar-refractivity contribution in [2.24, 2.45) is 5.10 Å². The molecule has 0 bridgehead atoms. The van der Waals surface area contributed by atoms with E-state index in [9.17, 15) is 4.79 Å². The first-order valence-corrected chi connectivity index (χ1v) is 9.10. The number of halogens is 2. The van der Waals surface area contributed by atoms with Crippen LogP contribution < -0.4 is 15.6 Å². The zero-order chi connectivity index (χ0) is 16.9. The maximum atomic E-state index is 11.8. The van der Waals surface area contributed by atoms with Crippen LogP contribution in [0, 0.1) is 0 Å². The van der Waals surface area contributed by atoms with E-state index in [4.69, 9.17) is 4.42 Å². The highest BCUT2D eigenvalue weighted by Crippen LogP contribution is 2.31. The van der Waals surface area contributed by atoms with E-state index in [-0.39, 0.29) is 0 Å². The molecule has 2 amide bonds. The zero-order valence-corrected chi connectivity index (χ0v) is 15.9. The van der Waals surface area contributed by atoms with E-state index in [0.717, 1.165) is 27.9 Å². The minimum atomic E-state index is -0.418. The molecule has 0 atom stereocenters. The lowest BCUT2D eigenvalue weighted by molar-refractivity contribution is 0.252. The number of nitrogens with one attached hydrogen (secondary N) is 2. The van der Waals surface area contributed by atoms with E-state index in [0.29, 0.717) is 11.4 Å². The summed E-state index contributed by atoms with van der Waals surface area (Å²) in [5.41, 5.74) is 3.09. The SMILES string of the molecule is O=C(N/N=C/c1cc(Br)c(N2CCCC2)o1)Nc1ccc(Br)cc1. The summed E-state index contributed by atoms with van der Waals surface area (Å²) in [4.78, 5) is 14.0. The summed E-state index contributed by atoms with van der Waals surface area (Å²) in [6, 6.07) is 8.70. The first-order chi connectivity index (χ1) is 11.6. The van der Waals surface area contributed by atoms with E-state index in [1.165, 1.54) is 19.1 Å². The summed E-state index contributed by atoms with van der Waals surface area (Å²) in [7, 11) is 0. The molecule has 6 nitrogen and oxygen atoms in total. The molecule has 2 N–H and O–H groups in total. The van der Waals surface area contributed by atoms with E-state index in [1.807, 2.05) is 18.2 Å². The van der Waals surface area contributed by atoms with E-state index < -0.39 is 6.03 Å². The Hall–Kier alpha value is -1.80. The predicted molar refractivity (Wildman–Crippen MR) is 102 cm³/mol. The summed E-state index contributed by atoms with van der Waals surface area (Å²) in [6.07, 6.45) is 3.83. The van der Waals surface area contributed by atoms with Gasteiger partial charge >= 0.3 is 6.03 Å². The van der Waals surface area contributed by atoms with Crippen LogP contribution in [0.4, 0.5) is 16.4 Å². The predicted octanol–water partition coefficient (Wildman–Crippen LogP) is 4.56. The van der Waals surface area contributed by atoms with E-state index in [2.05, 4.69) is 52.6 Å². The van der Waals surface area contributed by atoms with Crippen LogP contribution in [-0.4, -0.2) is 25.3 Å². The number of carbonyl (C=O) groups is 1. The highest BCUT2D eigenvalue weighted by atomic mass is 79.9. The molecule has 126 valence electrons. The molecule has 8 heteroatoms. The maximum Gasteiger partial charge on any atom is 0.339 e. The van der Waals surface area contributed by atoms with Crippen LogP contribution in [0.1, 0.15) is 18.6 Å². The van der Waals surface area contributed by atoms with Crippen molar-refractivity contribution in [3.05, 3.63) is 45.0 Å². The Morgan fingerprint density at radius 3 is 2.62 bits per heavy atom. The molecule has 24 heavy (non-hydrogen) atoms. The van der Waals surface area contributed by atoms with E-state index in [1.54, 1.807) is 12.1 Å². The third-order valence-corrected chi connectivity index (χ3v) is 4.64. The second-order valence-corrected chi connectivity index (χ2v) is 7.10. The van der Waals surface area contributed by atoms with Gasteiger partial charge in [0.05, 0.1) is 10.7 Å². The molecule has 2 heterocycles. The number of rotatable bonds is 4. The molecule has 1 aliphatic heterocycles. The van der Waals surface area contributed by atoms with Gasteiger partial charge in [-0.2, -0.15) is 5.10 Å². The third kappa shape index (κ3) is 4.39. The molecule has 1 fully saturated rings. The monoisotopic (exact) mass is 454 g/mol. The molecular weight excluding hydrogens is 440 g/mol. The second-order valence-electron chi connectivity index (χ2n) is 5.33. The lowest BCUT2D eigenvalue weighted by Crippen LogP contribution is -2.24. The molecule has 0 spiro atoms. The fraction of sp³-hybridized carbons (Fsp3) is 0.250. The number of benzene rings is 1. The largest absolute Gasteiger partial charge is 0.438 e. The molecule has 3 rings (SSSR count). The summed E-state index contributed by atoms with van der Waals surface area (Å²) in [5.74, 6) is 1.39. The summed E-state index contributed by atoms with van der Waals surface area (Å²) >= 11 is 6.84. The van der Waals surface area contributed by atoms with Crippen LogP contribution in [0.25, 0.3) is 0 Å². The van der Waals surface area contributed by atoms with Crippen LogP contribution in [0.5, 0.6) is 0 Å². The third-order valence-electron chi connectivity index (χ3n) is 3.54. The second kappa shape index (κ2) is 7.85. The van der Waals surface area contributed by atoms with Crippen LogP contribution in [0.15, 0.2) is 48.8 Å². The molecule has 1 aliphatic rings. The average molecular weight is 456 g/mol. The van der Waals surface area contributed by atoms with Crippen molar-refractivity contribution in [1.82, 2.24) is 5.43 Å². The van der Waals surface area contributed by atoms with Crippen molar-refractivity contribution in [3.63, 3.8) is 0 Å². The maximum absolute atomic E-state index is 11.8. The summed E-state index contributed by atoms with van der Waals surface area (Å²) in [5, 5.41) is 6.59. The fourth-order valence-electron chi connectivity index (χ4n) is 2.42. The molecule has 2 aromatic rings. The Labute approximate surface area is 156 Å². The van der Waals surface area contributed by atoms with Gasteiger partial charge in [-0.15, -0.1) is 0 Å². The van der Waals surface area contributed by atoms with Gasteiger partial charge in [0.15, 0.2) is 5.76 Å². The summed E-state index contributed by atoms with van der Waals surface area (Å²) in [6.45, 7) is 1.99. The Kier molecular flexibility index (Phi) is 5.57. The minimum Gasteiger partial charge on any atom is -0.438 e. The summed E-state index contributed by atoms with van der Waals surface area (Å²) < 4.78 is 7.61. The molecule has 1 saturated heterocycles. The lowest BCUT2D eigenvalue weighted by Gasteiger charge is -2.13. The average Bonchev–Trinajstić information content (AvgIpc) is 3.19.